The van der Waals surface area contributed by atoms with Crippen molar-refractivity contribution in [2.45, 2.75) is 38.8 Å². The molecular weight excluding hydrogens is 350 g/mol. The molecule has 8 nitrogen and oxygen atoms in total. The third-order valence-corrected chi connectivity index (χ3v) is 4.26. The number of carbonyl (C=O) groups is 2. The number of aliphatic hydroxyl groups excluding tert-OH is 1. The van der Waals surface area contributed by atoms with Crippen LogP contribution >= 0.6 is 0 Å². The summed E-state index contributed by atoms with van der Waals surface area (Å²) >= 11 is 0. The number of benzene rings is 1. The monoisotopic (exact) mass is 373 g/mol. The van der Waals surface area contributed by atoms with E-state index in [2.05, 4.69) is 0 Å². The van der Waals surface area contributed by atoms with Gasteiger partial charge in [-0.25, -0.2) is 18.0 Å². The van der Waals surface area contributed by atoms with Gasteiger partial charge in [0.1, 0.15) is 11.6 Å². The SMILES string of the molecule is CC(C)(C)OC(=O)c1ccc(N(C(CCO)C(=O)O)S(C)(=O)=O)cc1. The van der Waals surface area contributed by atoms with Crippen LogP contribution in [0, 0.1) is 0 Å². The summed E-state index contributed by atoms with van der Waals surface area (Å²) in [5, 5.41) is 18.3. The number of carboxylic acid groups (broad SMARTS) is 1. The number of aliphatic hydroxyl groups is 1. The van der Waals surface area contributed by atoms with E-state index in [-0.39, 0.29) is 17.7 Å². The lowest BCUT2D eigenvalue weighted by atomic mass is 10.1. The summed E-state index contributed by atoms with van der Waals surface area (Å²) in [6, 6.07) is 3.92. The van der Waals surface area contributed by atoms with Crippen molar-refractivity contribution in [2.24, 2.45) is 0 Å². The fourth-order valence-corrected chi connectivity index (χ4v) is 3.31. The van der Waals surface area contributed by atoms with Crippen LogP contribution in [0.5, 0.6) is 0 Å². The summed E-state index contributed by atoms with van der Waals surface area (Å²) in [5.41, 5.74) is -0.388. The Morgan fingerprint density at radius 1 is 1.20 bits per heavy atom. The fourth-order valence-electron chi connectivity index (χ4n) is 2.15. The molecule has 1 unspecified atom stereocenters. The molecule has 9 heteroatoms. The van der Waals surface area contributed by atoms with Gasteiger partial charge in [-0.05, 0) is 45.0 Å². The Labute approximate surface area is 147 Å². The van der Waals surface area contributed by atoms with Crippen molar-refractivity contribution in [1.82, 2.24) is 0 Å². The van der Waals surface area contributed by atoms with Gasteiger partial charge in [0, 0.05) is 13.0 Å². The first-order chi connectivity index (χ1) is 11.4. The molecule has 0 spiro atoms. The summed E-state index contributed by atoms with van der Waals surface area (Å²) in [6.07, 6.45) is 0.609. The highest BCUT2D eigenvalue weighted by atomic mass is 32.2. The first-order valence-electron chi connectivity index (χ1n) is 7.53. The Hall–Kier alpha value is -2.13. The molecule has 1 rings (SSSR count). The van der Waals surface area contributed by atoms with Crippen molar-refractivity contribution in [1.29, 1.82) is 0 Å². The van der Waals surface area contributed by atoms with Gasteiger partial charge in [-0.3, -0.25) is 4.31 Å². The van der Waals surface area contributed by atoms with Gasteiger partial charge in [0.15, 0.2) is 0 Å². The van der Waals surface area contributed by atoms with Crippen molar-refractivity contribution in [3.63, 3.8) is 0 Å². The Kier molecular flexibility index (Phi) is 6.55. The standard InChI is InChI=1S/C16H23NO7S/c1-16(2,3)24-15(21)11-5-7-12(8-6-11)17(25(4,22)23)13(9-10-18)14(19)20/h5-8,13,18H,9-10H2,1-4H3,(H,19,20). The van der Waals surface area contributed by atoms with Crippen LogP contribution in [0.25, 0.3) is 0 Å². The van der Waals surface area contributed by atoms with Gasteiger partial charge in [-0.15, -0.1) is 0 Å². The van der Waals surface area contributed by atoms with Gasteiger partial charge in [0.2, 0.25) is 10.0 Å². The molecule has 25 heavy (non-hydrogen) atoms. The number of rotatable bonds is 7. The van der Waals surface area contributed by atoms with Crippen LogP contribution in [-0.2, 0) is 19.6 Å². The topological polar surface area (TPSA) is 121 Å². The van der Waals surface area contributed by atoms with Crippen molar-refractivity contribution in [3.8, 4) is 0 Å². The van der Waals surface area contributed by atoms with E-state index < -0.39 is 40.2 Å². The normalized spacial score (nSPS) is 13.2. The van der Waals surface area contributed by atoms with Crippen LogP contribution < -0.4 is 4.31 Å². The Bertz CT molecular complexity index is 720. The quantitative estimate of drug-likeness (QED) is 0.690. The fraction of sp³-hybridized carbons (Fsp3) is 0.500. The van der Waals surface area contributed by atoms with Crippen molar-refractivity contribution < 1.29 is 33.0 Å². The van der Waals surface area contributed by atoms with E-state index in [0.717, 1.165) is 6.26 Å². The van der Waals surface area contributed by atoms with Crippen LogP contribution in [0.15, 0.2) is 24.3 Å². The highest BCUT2D eigenvalue weighted by Crippen LogP contribution is 2.24. The van der Waals surface area contributed by atoms with E-state index in [0.29, 0.717) is 4.31 Å². The number of sulfonamides is 1. The molecule has 0 fully saturated rings. The predicted octanol–water partition coefficient (Wildman–Crippen LogP) is 1.24. The van der Waals surface area contributed by atoms with Gasteiger partial charge in [0.25, 0.3) is 0 Å². The lowest BCUT2D eigenvalue weighted by Crippen LogP contribution is -2.45. The summed E-state index contributed by atoms with van der Waals surface area (Å²) < 4.78 is 30.0. The third-order valence-electron chi connectivity index (χ3n) is 3.08. The van der Waals surface area contributed by atoms with Crippen molar-refractivity contribution in [2.75, 3.05) is 17.2 Å². The summed E-state index contributed by atoms with van der Waals surface area (Å²) in [6.45, 7) is 4.67. The smallest absolute Gasteiger partial charge is 0.338 e. The largest absolute Gasteiger partial charge is 0.480 e. The maximum absolute atomic E-state index is 12.0. The molecule has 0 aliphatic rings. The number of carbonyl (C=O) groups excluding carboxylic acids is 1. The van der Waals surface area contributed by atoms with Crippen LogP contribution in [0.2, 0.25) is 0 Å². The molecule has 0 bridgehead atoms. The van der Waals surface area contributed by atoms with Gasteiger partial charge in [-0.1, -0.05) is 0 Å². The van der Waals surface area contributed by atoms with Crippen molar-refractivity contribution >= 4 is 27.6 Å². The molecule has 0 aromatic heterocycles. The van der Waals surface area contributed by atoms with Crippen LogP contribution in [0.1, 0.15) is 37.6 Å². The molecule has 140 valence electrons. The minimum absolute atomic E-state index is 0.0793. The molecule has 0 heterocycles. The number of hydrogen-bond acceptors (Lipinski definition) is 6. The number of nitrogens with zero attached hydrogens (tertiary/aromatic N) is 1. The Balaban J connectivity index is 3.22. The lowest BCUT2D eigenvalue weighted by molar-refractivity contribution is -0.138. The first kappa shape index (κ1) is 20.9. The van der Waals surface area contributed by atoms with Gasteiger partial charge in [-0.2, -0.15) is 0 Å². The molecule has 2 N–H and O–H groups in total. The maximum Gasteiger partial charge on any atom is 0.338 e. The van der Waals surface area contributed by atoms with Crippen LogP contribution in [0.3, 0.4) is 0 Å². The molecule has 0 amide bonds. The average Bonchev–Trinajstić information content (AvgIpc) is 2.44. The van der Waals surface area contributed by atoms with Gasteiger partial charge >= 0.3 is 11.9 Å². The number of aliphatic carboxylic acids is 1. The summed E-state index contributed by atoms with van der Waals surface area (Å²) in [7, 11) is -3.92. The Morgan fingerprint density at radius 2 is 1.72 bits per heavy atom. The molecule has 0 radical (unpaired) electrons. The number of anilines is 1. The number of ether oxygens (including phenoxy) is 1. The third kappa shape index (κ3) is 6.02. The number of esters is 1. The maximum atomic E-state index is 12.0. The average molecular weight is 373 g/mol. The predicted molar refractivity (Wildman–Crippen MR) is 92.1 cm³/mol. The summed E-state index contributed by atoms with van der Waals surface area (Å²) in [5.74, 6) is -1.95. The molecule has 0 aliphatic carbocycles. The zero-order valence-corrected chi connectivity index (χ0v) is 15.4. The highest BCUT2D eigenvalue weighted by molar-refractivity contribution is 7.92. The van der Waals surface area contributed by atoms with E-state index in [1.165, 1.54) is 24.3 Å². The molecule has 1 atom stereocenters. The summed E-state index contributed by atoms with van der Waals surface area (Å²) in [4.78, 5) is 23.4. The van der Waals surface area contributed by atoms with E-state index in [4.69, 9.17) is 9.84 Å². The van der Waals surface area contributed by atoms with E-state index in [1.807, 2.05) is 0 Å². The lowest BCUT2D eigenvalue weighted by Gasteiger charge is -2.28. The van der Waals surface area contributed by atoms with Crippen LogP contribution in [0.4, 0.5) is 5.69 Å². The van der Waals surface area contributed by atoms with Gasteiger partial charge in [0.05, 0.1) is 17.5 Å². The molecule has 0 aliphatic heterocycles. The second kappa shape index (κ2) is 7.83. The highest BCUT2D eigenvalue weighted by Gasteiger charge is 2.32. The molecular formula is C16H23NO7S. The second-order valence-corrected chi connectivity index (χ2v) is 8.33. The van der Waals surface area contributed by atoms with E-state index in [1.54, 1.807) is 20.8 Å². The van der Waals surface area contributed by atoms with E-state index in [9.17, 15) is 23.1 Å². The molecule has 1 aromatic rings. The van der Waals surface area contributed by atoms with Gasteiger partial charge < -0.3 is 14.9 Å². The Morgan fingerprint density at radius 3 is 2.08 bits per heavy atom. The first-order valence-corrected chi connectivity index (χ1v) is 9.38. The van der Waals surface area contributed by atoms with E-state index >= 15 is 0 Å². The molecule has 0 saturated carbocycles. The zero-order valence-electron chi connectivity index (χ0n) is 14.6. The minimum Gasteiger partial charge on any atom is -0.480 e. The van der Waals surface area contributed by atoms with Crippen LogP contribution in [-0.4, -0.2) is 55.1 Å². The minimum atomic E-state index is -3.92. The number of carboxylic acids is 1. The molecule has 0 saturated heterocycles. The number of hydrogen-bond donors (Lipinski definition) is 2. The van der Waals surface area contributed by atoms with Crippen molar-refractivity contribution in [3.05, 3.63) is 29.8 Å². The zero-order chi connectivity index (χ0) is 19.4. The molecule has 1 aromatic carbocycles. The second-order valence-electron chi connectivity index (χ2n) is 6.47.